The molecular weight excluding hydrogens is 428 g/mol. The van der Waals surface area contributed by atoms with Crippen LogP contribution < -0.4 is 5.32 Å². The highest BCUT2D eigenvalue weighted by atomic mass is 32.2. The third-order valence-corrected chi connectivity index (χ3v) is 8.62. The van der Waals surface area contributed by atoms with Gasteiger partial charge in [-0.2, -0.15) is 17.0 Å². The fourth-order valence-electron chi connectivity index (χ4n) is 4.04. The lowest BCUT2D eigenvalue weighted by atomic mass is 9.80. The Kier molecular flexibility index (Phi) is 8.56. The molecule has 5 nitrogen and oxygen atoms in total. The molecular formula is C24H28N2O3S2. The minimum Gasteiger partial charge on any atom is -0.343 e. The van der Waals surface area contributed by atoms with Crippen LogP contribution in [0.1, 0.15) is 36.8 Å². The fourth-order valence-corrected chi connectivity index (χ4v) is 6.71. The van der Waals surface area contributed by atoms with Crippen LogP contribution in [0.3, 0.4) is 0 Å². The van der Waals surface area contributed by atoms with Crippen molar-refractivity contribution in [3.8, 4) is 6.07 Å². The molecule has 0 saturated heterocycles. The van der Waals surface area contributed by atoms with Crippen LogP contribution in [-0.4, -0.2) is 26.6 Å². The van der Waals surface area contributed by atoms with Gasteiger partial charge in [-0.05, 0) is 42.0 Å². The molecule has 7 heteroatoms. The first-order valence-corrected chi connectivity index (χ1v) is 13.4. The highest BCUT2D eigenvalue weighted by molar-refractivity contribution is 7.97. The van der Waals surface area contributed by atoms with Crippen molar-refractivity contribution in [2.45, 2.75) is 42.1 Å². The zero-order chi connectivity index (χ0) is 22.1. The molecule has 1 saturated carbocycles. The first-order chi connectivity index (χ1) is 15.0. The molecule has 0 aliphatic heterocycles. The van der Waals surface area contributed by atoms with E-state index in [1.807, 2.05) is 36.4 Å². The van der Waals surface area contributed by atoms with Crippen LogP contribution in [0.25, 0.3) is 0 Å². The molecule has 0 unspecified atom stereocenters. The molecule has 1 aliphatic carbocycles. The van der Waals surface area contributed by atoms with E-state index in [1.54, 1.807) is 23.9 Å². The second-order valence-corrected chi connectivity index (χ2v) is 11.0. The highest BCUT2D eigenvalue weighted by Gasteiger charge is 2.34. The number of amides is 1. The van der Waals surface area contributed by atoms with Crippen molar-refractivity contribution < 1.29 is 13.2 Å². The van der Waals surface area contributed by atoms with Gasteiger partial charge in [-0.15, -0.1) is 0 Å². The van der Waals surface area contributed by atoms with E-state index in [9.17, 15) is 13.2 Å². The van der Waals surface area contributed by atoms with E-state index < -0.39 is 9.84 Å². The Morgan fingerprint density at radius 3 is 2.32 bits per heavy atom. The number of carbonyl (C=O) groups is 1. The standard InChI is InChI=1S/C24H28N2O3S2/c25-14-15-26-24(27)23-9-5-4-8-21(23)18-31(28,29)22-12-10-20(11-13-22)17-30-16-19-6-2-1-3-7-19/h1-3,6-7,10-13,21,23H,4-5,8-9,15-18H2,(H,26,27)/t21-,23+/m0/s1. The zero-order valence-corrected chi connectivity index (χ0v) is 19.1. The van der Waals surface area contributed by atoms with Crippen LogP contribution in [0.5, 0.6) is 0 Å². The zero-order valence-electron chi connectivity index (χ0n) is 17.5. The smallest absolute Gasteiger partial charge is 0.224 e. The number of thioether (sulfide) groups is 1. The van der Waals surface area contributed by atoms with E-state index in [1.165, 1.54) is 5.56 Å². The third-order valence-electron chi connectivity index (χ3n) is 5.68. The summed E-state index contributed by atoms with van der Waals surface area (Å²) in [4.78, 5) is 12.7. The molecule has 2 atom stereocenters. The maximum absolute atomic E-state index is 13.0. The molecule has 0 bridgehead atoms. The van der Waals surface area contributed by atoms with Crippen molar-refractivity contribution >= 4 is 27.5 Å². The van der Waals surface area contributed by atoms with E-state index >= 15 is 0 Å². The molecule has 0 radical (unpaired) electrons. The Hall–Kier alpha value is -2.30. The lowest BCUT2D eigenvalue weighted by Crippen LogP contribution is -2.39. The van der Waals surface area contributed by atoms with Gasteiger partial charge in [-0.3, -0.25) is 4.79 Å². The van der Waals surface area contributed by atoms with Crippen molar-refractivity contribution in [1.29, 1.82) is 5.26 Å². The molecule has 2 aromatic carbocycles. The summed E-state index contributed by atoms with van der Waals surface area (Å²) in [5, 5.41) is 11.3. The third kappa shape index (κ3) is 6.84. The molecule has 2 aromatic rings. The number of hydrogen-bond donors (Lipinski definition) is 1. The predicted molar refractivity (Wildman–Crippen MR) is 124 cm³/mol. The van der Waals surface area contributed by atoms with Gasteiger partial charge in [0.2, 0.25) is 5.91 Å². The molecule has 0 aromatic heterocycles. The van der Waals surface area contributed by atoms with Gasteiger partial charge in [0, 0.05) is 17.4 Å². The lowest BCUT2D eigenvalue weighted by molar-refractivity contribution is -0.127. The number of nitrogens with one attached hydrogen (secondary N) is 1. The molecule has 1 N–H and O–H groups in total. The summed E-state index contributed by atoms with van der Waals surface area (Å²) in [7, 11) is -3.48. The van der Waals surface area contributed by atoms with Crippen molar-refractivity contribution in [1.82, 2.24) is 5.32 Å². The first kappa shape index (κ1) is 23.4. The number of hydrogen-bond acceptors (Lipinski definition) is 5. The van der Waals surface area contributed by atoms with Gasteiger partial charge in [0.1, 0.15) is 6.54 Å². The van der Waals surface area contributed by atoms with E-state index in [4.69, 9.17) is 5.26 Å². The molecule has 0 spiro atoms. The summed E-state index contributed by atoms with van der Waals surface area (Å²) < 4.78 is 26.0. The number of nitriles is 1. The van der Waals surface area contributed by atoms with Crippen LogP contribution >= 0.6 is 11.8 Å². The fraction of sp³-hybridized carbons (Fsp3) is 0.417. The van der Waals surface area contributed by atoms with E-state index in [0.717, 1.165) is 36.3 Å². The molecule has 1 fully saturated rings. The van der Waals surface area contributed by atoms with Crippen LogP contribution in [-0.2, 0) is 26.1 Å². The SMILES string of the molecule is N#CCNC(=O)[C@@H]1CCCC[C@H]1CS(=O)(=O)c1ccc(CSCc2ccccc2)cc1. The highest BCUT2D eigenvalue weighted by Crippen LogP contribution is 2.33. The average Bonchev–Trinajstić information content (AvgIpc) is 2.78. The van der Waals surface area contributed by atoms with Gasteiger partial charge in [0.05, 0.1) is 16.7 Å². The summed E-state index contributed by atoms with van der Waals surface area (Å²) in [6.07, 6.45) is 3.24. The Bertz CT molecular complexity index is 999. The normalized spacial score (nSPS) is 18.8. The quantitative estimate of drug-likeness (QED) is 0.567. The molecule has 31 heavy (non-hydrogen) atoms. The number of rotatable bonds is 9. The molecule has 3 rings (SSSR count). The Balaban J connectivity index is 1.59. The average molecular weight is 457 g/mol. The van der Waals surface area contributed by atoms with Crippen LogP contribution in [0.15, 0.2) is 59.5 Å². The summed E-state index contributed by atoms with van der Waals surface area (Å²) >= 11 is 1.79. The Morgan fingerprint density at radius 2 is 1.65 bits per heavy atom. The van der Waals surface area contributed by atoms with Crippen LogP contribution in [0.2, 0.25) is 0 Å². The summed E-state index contributed by atoms with van der Waals surface area (Å²) in [6, 6.07) is 19.3. The predicted octanol–water partition coefficient (Wildman–Crippen LogP) is 4.34. The van der Waals surface area contributed by atoms with Gasteiger partial charge in [-0.25, -0.2) is 8.42 Å². The number of sulfone groups is 1. The maximum Gasteiger partial charge on any atom is 0.224 e. The monoisotopic (exact) mass is 456 g/mol. The molecule has 1 aliphatic rings. The second kappa shape index (κ2) is 11.4. The van der Waals surface area contributed by atoms with Gasteiger partial charge in [0.15, 0.2) is 9.84 Å². The number of benzene rings is 2. The second-order valence-electron chi connectivity index (χ2n) is 7.93. The van der Waals surface area contributed by atoms with Gasteiger partial charge < -0.3 is 5.32 Å². The largest absolute Gasteiger partial charge is 0.343 e. The Labute approximate surface area is 189 Å². The minimum absolute atomic E-state index is 0.0280. The molecule has 164 valence electrons. The number of nitrogens with zero attached hydrogens (tertiary/aromatic N) is 1. The van der Waals surface area contributed by atoms with Crippen molar-refractivity contribution in [3.63, 3.8) is 0 Å². The molecule has 0 heterocycles. The Morgan fingerprint density at radius 1 is 1.00 bits per heavy atom. The van der Waals surface area contributed by atoms with Crippen molar-refractivity contribution in [2.24, 2.45) is 11.8 Å². The van der Waals surface area contributed by atoms with Gasteiger partial charge >= 0.3 is 0 Å². The van der Waals surface area contributed by atoms with E-state index in [0.29, 0.717) is 11.3 Å². The van der Waals surface area contributed by atoms with Crippen molar-refractivity contribution in [3.05, 3.63) is 65.7 Å². The summed E-state index contributed by atoms with van der Waals surface area (Å²) in [5.41, 5.74) is 2.36. The topological polar surface area (TPSA) is 87.0 Å². The molecule has 1 amide bonds. The van der Waals surface area contributed by atoms with E-state index in [-0.39, 0.29) is 30.0 Å². The maximum atomic E-state index is 13.0. The van der Waals surface area contributed by atoms with Gasteiger partial charge in [0.25, 0.3) is 0 Å². The van der Waals surface area contributed by atoms with Gasteiger partial charge in [-0.1, -0.05) is 55.3 Å². The van der Waals surface area contributed by atoms with E-state index in [2.05, 4.69) is 17.4 Å². The first-order valence-electron chi connectivity index (χ1n) is 10.6. The van der Waals surface area contributed by atoms with Crippen LogP contribution in [0, 0.1) is 23.2 Å². The van der Waals surface area contributed by atoms with Crippen molar-refractivity contribution in [2.75, 3.05) is 12.3 Å². The lowest BCUT2D eigenvalue weighted by Gasteiger charge is -2.30. The summed E-state index contributed by atoms with van der Waals surface area (Å²) in [6.45, 7) is -0.0431. The summed E-state index contributed by atoms with van der Waals surface area (Å²) in [5.74, 6) is 0.952. The van der Waals surface area contributed by atoms with Crippen LogP contribution in [0.4, 0.5) is 0 Å². The number of carbonyl (C=O) groups excluding carboxylic acids is 1. The minimum atomic E-state index is -3.48.